The normalized spacial score (nSPS) is 13.4. The highest BCUT2D eigenvalue weighted by Gasteiger charge is 2.17. The number of hydrogen-bond donors (Lipinski definition) is 0. The van der Waals surface area contributed by atoms with E-state index in [1.807, 2.05) is 0 Å². The quantitative estimate of drug-likeness (QED) is 0.599. The predicted octanol–water partition coefficient (Wildman–Crippen LogP) is 5.23. The van der Waals surface area contributed by atoms with Crippen LogP contribution in [-0.4, -0.2) is 0 Å². The van der Waals surface area contributed by atoms with Gasteiger partial charge in [-0.1, -0.05) is 0 Å². The predicted molar refractivity (Wildman–Crippen MR) is 46.2 cm³/mol. The minimum atomic E-state index is -3.56. The maximum absolute atomic E-state index is 10.4. The van der Waals surface area contributed by atoms with Gasteiger partial charge in [0.15, 0.2) is 0 Å². The molecule has 0 N–H and O–H groups in total. The van der Waals surface area contributed by atoms with Crippen molar-refractivity contribution in [2.45, 2.75) is 0 Å². The van der Waals surface area contributed by atoms with Gasteiger partial charge in [-0.15, -0.1) is 0 Å². The average molecular weight is 269 g/mol. The van der Waals surface area contributed by atoms with Crippen molar-refractivity contribution in [2.24, 2.45) is 4.52 Å². The largest absolute Gasteiger partial charge is 0.365 e. The summed E-state index contributed by atoms with van der Waals surface area (Å²) in [5.41, 5.74) is 0. The lowest BCUT2D eigenvalue weighted by Crippen LogP contribution is -1.43. The second-order valence-electron chi connectivity index (χ2n) is 0.943. The minimum absolute atomic E-state index is 3.02. The smallest absolute Gasteiger partial charge is 0.262 e. The molecule has 0 unspecified atom stereocenters. The van der Waals surface area contributed by atoms with Crippen molar-refractivity contribution in [3.8, 4) is 0 Å². The molecule has 0 amide bonds. The second-order valence-corrected chi connectivity index (χ2v) is 12.6. The summed E-state index contributed by atoms with van der Waals surface area (Å²) in [7, 11) is 0. The fourth-order valence-corrected chi connectivity index (χ4v) is 7.33. The molecule has 0 spiro atoms. The average Bonchev–Trinajstić information content (AvgIpc) is 1.14. The van der Waals surface area contributed by atoms with E-state index in [0.29, 0.717) is 0 Å². The van der Waals surface area contributed by atoms with Crippen molar-refractivity contribution in [2.75, 3.05) is 0 Å². The second kappa shape index (κ2) is 3.54. The zero-order chi connectivity index (χ0) is 7.71. The van der Waals surface area contributed by atoms with Gasteiger partial charge in [0.05, 0.1) is 0 Å². The summed E-state index contributed by atoms with van der Waals surface area (Å²) in [6.07, 6.45) is 0. The first-order valence-electron chi connectivity index (χ1n) is 1.43. The SMILES string of the molecule is O=P(Cl)(Cl)N=P(Cl)(Cl)Cl. The molecular formula is Cl5NOP2. The number of hydrogen-bond acceptors (Lipinski definition) is 1. The molecule has 0 radical (unpaired) electrons. The van der Waals surface area contributed by atoms with Crippen LogP contribution < -0.4 is 0 Å². The van der Waals surface area contributed by atoms with E-state index in [1.54, 1.807) is 0 Å². The molecule has 0 atom stereocenters. The van der Waals surface area contributed by atoms with Crippen LogP contribution >= 0.6 is 67.3 Å². The van der Waals surface area contributed by atoms with E-state index >= 15 is 0 Å². The molecule has 2 nitrogen and oxygen atoms in total. The van der Waals surface area contributed by atoms with E-state index < -0.39 is 11.1 Å². The van der Waals surface area contributed by atoms with Crippen LogP contribution in [0, 0.1) is 0 Å². The van der Waals surface area contributed by atoms with Crippen LogP contribution in [0.15, 0.2) is 4.52 Å². The van der Waals surface area contributed by atoms with Crippen LogP contribution in [0.3, 0.4) is 0 Å². The number of halogens is 5. The molecule has 0 saturated carbocycles. The van der Waals surface area contributed by atoms with Gasteiger partial charge < -0.3 is 0 Å². The Balaban J connectivity index is 4.53. The van der Waals surface area contributed by atoms with Gasteiger partial charge in [-0.05, 0) is 56.2 Å². The van der Waals surface area contributed by atoms with Crippen molar-refractivity contribution in [3.05, 3.63) is 0 Å². The molecule has 0 heterocycles. The Kier molecular flexibility index (Phi) is 4.29. The van der Waals surface area contributed by atoms with E-state index in [-0.39, 0.29) is 0 Å². The Labute approximate surface area is 76.2 Å². The van der Waals surface area contributed by atoms with Crippen molar-refractivity contribution in [1.29, 1.82) is 0 Å². The Bertz CT molecular complexity index is 177. The molecule has 0 aromatic carbocycles. The maximum Gasteiger partial charge on any atom is 0.365 e. The molecule has 9 heavy (non-hydrogen) atoms. The van der Waals surface area contributed by atoms with E-state index in [4.69, 9.17) is 56.2 Å². The lowest BCUT2D eigenvalue weighted by molar-refractivity contribution is 0.594. The van der Waals surface area contributed by atoms with E-state index in [1.165, 1.54) is 0 Å². The first-order valence-corrected chi connectivity index (χ1v) is 9.35. The molecule has 0 aromatic heterocycles. The summed E-state index contributed by atoms with van der Waals surface area (Å²) >= 11 is 25.3. The Morgan fingerprint density at radius 2 is 1.33 bits per heavy atom. The molecule has 9 heteroatoms. The van der Waals surface area contributed by atoms with Crippen LogP contribution in [0.5, 0.6) is 0 Å². The highest BCUT2D eigenvalue weighted by atomic mass is 36.0. The zero-order valence-electron chi connectivity index (χ0n) is 3.64. The van der Waals surface area contributed by atoms with Crippen LogP contribution in [-0.2, 0) is 4.57 Å². The Hall–Kier alpha value is 1.91. The Morgan fingerprint density at radius 3 is 1.33 bits per heavy atom. The summed E-state index contributed by atoms with van der Waals surface area (Å²) in [6, 6.07) is 0. The van der Waals surface area contributed by atoms with E-state index in [2.05, 4.69) is 4.52 Å². The number of nitrogens with zero attached hydrogens (tertiary/aromatic N) is 1. The molecular weight excluding hydrogens is 269 g/mol. The van der Waals surface area contributed by atoms with E-state index in [0.717, 1.165) is 0 Å². The summed E-state index contributed by atoms with van der Waals surface area (Å²) in [5, 5.41) is -3.02. The lowest BCUT2D eigenvalue weighted by atomic mass is 13.9. The van der Waals surface area contributed by atoms with Gasteiger partial charge >= 0.3 is 6.00 Å². The van der Waals surface area contributed by atoms with Crippen molar-refractivity contribution in [1.82, 2.24) is 0 Å². The standard InChI is InChI=1S/Cl5NOP2/c1-8(2,3)6-9(4,5)7. The fraction of sp³-hybridized carbons (Fsp3) is 0. The Morgan fingerprint density at radius 1 is 1.00 bits per heavy atom. The van der Waals surface area contributed by atoms with Gasteiger partial charge in [0.2, 0.25) is 5.11 Å². The number of rotatable bonds is 1. The van der Waals surface area contributed by atoms with Crippen LogP contribution in [0.1, 0.15) is 0 Å². The molecule has 56 valence electrons. The van der Waals surface area contributed by atoms with Crippen LogP contribution in [0.4, 0.5) is 0 Å². The van der Waals surface area contributed by atoms with Gasteiger partial charge in [-0.25, -0.2) is 0 Å². The van der Waals surface area contributed by atoms with Gasteiger partial charge in [0.1, 0.15) is 0 Å². The monoisotopic (exact) mass is 267 g/mol. The lowest BCUT2D eigenvalue weighted by Gasteiger charge is -1.96. The molecule has 0 aliphatic heterocycles. The summed E-state index contributed by atoms with van der Waals surface area (Å²) < 4.78 is 13.4. The maximum atomic E-state index is 10.4. The van der Waals surface area contributed by atoms with Gasteiger partial charge in [-0.2, -0.15) is 4.52 Å². The van der Waals surface area contributed by atoms with Gasteiger partial charge in [-0.3, -0.25) is 4.57 Å². The van der Waals surface area contributed by atoms with Crippen molar-refractivity contribution < 1.29 is 4.57 Å². The minimum Gasteiger partial charge on any atom is -0.262 e. The van der Waals surface area contributed by atoms with E-state index in [9.17, 15) is 4.57 Å². The molecule has 0 aliphatic carbocycles. The summed E-state index contributed by atoms with van der Waals surface area (Å²) in [5.74, 6) is -3.56. The van der Waals surface area contributed by atoms with Gasteiger partial charge in [0, 0.05) is 0 Å². The topological polar surface area (TPSA) is 29.4 Å². The third kappa shape index (κ3) is 9.91. The first-order chi connectivity index (χ1) is 3.71. The molecule has 0 fully saturated rings. The van der Waals surface area contributed by atoms with Crippen LogP contribution in [0.25, 0.3) is 0 Å². The van der Waals surface area contributed by atoms with Crippen molar-refractivity contribution in [3.63, 3.8) is 0 Å². The molecule has 0 saturated heterocycles. The molecule has 0 aromatic rings. The zero-order valence-corrected chi connectivity index (χ0v) is 9.21. The third-order valence-corrected chi connectivity index (χ3v) is 4.89. The molecule has 0 aliphatic rings. The first kappa shape index (κ1) is 10.9. The van der Waals surface area contributed by atoms with Crippen molar-refractivity contribution >= 4 is 67.3 Å². The summed E-state index contributed by atoms with van der Waals surface area (Å²) in [6.45, 7) is 0. The highest BCUT2D eigenvalue weighted by Crippen LogP contribution is 2.75. The van der Waals surface area contributed by atoms with Crippen LogP contribution in [0.2, 0.25) is 0 Å². The molecule has 0 bridgehead atoms. The summed E-state index contributed by atoms with van der Waals surface area (Å²) in [4.78, 5) is 0. The third-order valence-electron chi connectivity index (χ3n) is 0.206. The fourth-order valence-electron chi connectivity index (χ4n) is 0.118. The highest BCUT2D eigenvalue weighted by molar-refractivity contribution is 8.29. The molecule has 0 rings (SSSR count). The van der Waals surface area contributed by atoms with Gasteiger partial charge in [0.25, 0.3) is 0 Å².